The summed E-state index contributed by atoms with van der Waals surface area (Å²) in [5.74, 6) is 1.86. The molecule has 0 aromatic carbocycles. The monoisotopic (exact) mass is 495 g/mol. The molecule has 4 rings (SSSR count). The molecule has 0 N–H and O–H groups in total. The first-order valence-corrected chi connectivity index (χ1v) is 14.8. The highest BCUT2D eigenvalue weighted by atomic mass is 16.5. The van der Waals surface area contributed by atoms with E-state index in [-0.39, 0.29) is 21.7 Å². The molecule has 1 heterocycles. The second-order valence-corrected chi connectivity index (χ2v) is 15.4. The van der Waals surface area contributed by atoms with Gasteiger partial charge in [0.25, 0.3) is 0 Å². The summed E-state index contributed by atoms with van der Waals surface area (Å²) in [6, 6.07) is 0. The lowest BCUT2D eigenvalue weighted by Crippen LogP contribution is -2.58. The molecule has 0 radical (unpaired) electrons. The smallest absolute Gasteiger partial charge is 0.156 e. The largest absolute Gasteiger partial charge is 0.361 e. The van der Waals surface area contributed by atoms with Gasteiger partial charge in [-0.25, -0.2) is 0 Å². The van der Waals surface area contributed by atoms with Crippen molar-refractivity contribution < 1.29 is 9.32 Å². The molecule has 3 aliphatic carbocycles. The molecular weight excluding hydrogens is 442 g/mol. The van der Waals surface area contributed by atoms with Crippen molar-refractivity contribution >= 4 is 5.78 Å². The van der Waals surface area contributed by atoms with Crippen molar-refractivity contribution in [1.29, 1.82) is 0 Å². The number of ketones is 1. The van der Waals surface area contributed by atoms with Crippen molar-refractivity contribution in [3.05, 3.63) is 29.2 Å². The van der Waals surface area contributed by atoms with Crippen LogP contribution < -0.4 is 0 Å². The second kappa shape index (κ2) is 8.84. The van der Waals surface area contributed by atoms with E-state index in [1.165, 1.54) is 49.7 Å². The molecule has 3 heteroatoms. The van der Waals surface area contributed by atoms with Crippen LogP contribution in [0.3, 0.4) is 0 Å². The van der Waals surface area contributed by atoms with Crippen LogP contribution in [-0.2, 0) is 16.6 Å². The Morgan fingerprint density at radius 2 is 1.69 bits per heavy atom. The predicted octanol–water partition coefficient (Wildman–Crippen LogP) is 9.25. The molecule has 0 unspecified atom stereocenters. The van der Waals surface area contributed by atoms with Gasteiger partial charge in [0.1, 0.15) is 5.76 Å². The van der Waals surface area contributed by atoms with Crippen LogP contribution in [0.5, 0.6) is 0 Å². The van der Waals surface area contributed by atoms with Crippen molar-refractivity contribution in [2.75, 3.05) is 0 Å². The maximum atomic E-state index is 13.4. The van der Waals surface area contributed by atoms with Gasteiger partial charge < -0.3 is 4.52 Å². The molecule has 0 spiro atoms. The van der Waals surface area contributed by atoms with Crippen LogP contribution >= 0.6 is 0 Å². The number of hydrogen-bond donors (Lipinski definition) is 0. The molecular formula is C33H53NO2. The Morgan fingerprint density at radius 1 is 1.00 bits per heavy atom. The highest BCUT2D eigenvalue weighted by molar-refractivity contribution is 5.93. The average molecular weight is 496 g/mol. The lowest BCUT2D eigenvalue weighted by atomic mass is 9.39. The number of rotatable bonds is 8. The molecule has 1 aromatic rings. The third kappa shape index (κ3) is 4.25. The van der Waals surface area contributed by atoms with Gasteiger partial charge in [-0.2, -0.15) is 0 Å². The van der Waals surface area contributed by atoms with E-state index in [0.29, 0.717) is 29.0 Å². The van der Waals surface area contributed by atoms with Crippen LogP contribution in [-0.4, -0.2) is 10.9 Å². The Balaban J connectivity index is 1.65. The standard InChI is InChI=1S/C33H53NO2/c1-11-28(3,4)15-16-30(7,12-2)17-18-31(8)21-24(35)19-26-32(9)20-23-22-34-36-27(23)29(5,6)25(32)13-14-33(26,31)10/h19,22,25H,11-18,20-21H2,1-10H3/t25-,30-,31+,32-,33+/m0/s1. The van der Waals surface area contributed by atoms with Crippen molar-refractivity contribution in [2.45, 2.75) is 139 Å². The van der Waals surface area contributed by atoms with Gasteiger partial charge in [-0.1, -0.05) is 92.8 Å². The molecule has 3 aliphatic rings. The van der Waals surface area contributed by atoms with Gasteiger partial charge in [0.2, 0.25) is 0 Å². The van der Waals surface area contributed by atoms with Gasteiger partial charge in [0, 0.05) is 17.4 Å². The predicted molar refractivity (Wildman–Crippen MR) is 149 cm³/mol. The summed E-state index contributed by atoms with van der Waals surface area (Å²) < 4.78 is 5.80. The van der Waals surface area contributed by atoms with E-state index in [9.17, 15) is 4.79 Å². The minimum absolute atomic E-state index is 0.00207. The minimum atomic E-state index is -0.0786. The Bertz CT molecular complexity index is 1030. The van der Waals surface area contributed by atoms with E-state index in [1.807, 2.05) is 6.20 Å². The number of hydrogen-bond acceptors (Lipinski definition) is 3. The minimum Gasteiger partial charge on any atom is -0.361 e. The Labute approximate surface area is 221 Å². The lowest BCUT2D eigenvalue weighted by molar-refractivity contribution is -0.124. The molecule has 36 heavy (non-hydrogen) atoms. The van der Waals surface area contributed by atoms with E-state index in [4.69, 9.17) is 4.52 Å². The number of carbonyl (C=O) groups excluding carboxylic acids is 1. The molecule has 202 valence electrons. The van der Waals surface area contributed by atoms with E-state index >= 15 is 0 Å². The summed E-state index contributed by atoms with van der Waals surface area (Å²) in [5, 5.41) is 4.20. The van der Waals surface area contributed by atoms with Gasteiger partial charge in [0.05, 0.1) is 6.20 Å². The fraction of sp³-hybridized carbons (Fsp3) is 0.818. The quantitative estimate of drug-likeness (QED) is 0.361. The summed E-state index contributed by atoms with van der Waals surface area (Å²) in [5.41, 5.74) is 3.34. The van der Waals surface area contributed by atoms with Gasteiger partial charge in [0.15, 0.2) is 5.78 Å². The van der Waals surface area contributed by atoms with Gasteiger partial charge in [-0.3, -0.25) is 4.79 Å². The van der Waals surface area contributed by atoms with E-state index in [0.717, 1.165) is 25.0 Å². The molecule has 5 atom stereocenters. The summed E-state index contributed by atoms with van der Waals surface area (Å²) in [6.45, 7) is 24.1. The first-order valence-electron chi connectivity index (χ1n) is 14.8. The first kappa shape index (κ1) is 27.6. The molecule has 0 saturated heterocycles. The summed E-state index contributed by atoms with van der Waals surface area (Å²) in [6.07, 6.45) is 15.3. The molecule has 1 saturated carbocycles. The Hall–Kier alpha value is -1.38. The fourth-order valence-corrected chi connectivity index (χ4v) is 8.53. The summed E-state index contributed by atoms with van der Waals surface area (Å²) >= 11 is 0. The van der Waals surface area contributed by atoms with Crippen LogP contribution in [0.4, 0.5) is 0 Å². The molecule has 0 amide bonds. The van der Waals surface area contributed by atoms with Crippen LogP contribution in [0, 0.1) is 33.0 Å². The van der Waals surface area contributed by atoms with Crippen molar-refractivity contribution in [2.24, 2.45) is 33.0 Å². The zero-order valence-corrected chi connectivity index (χ0v) is 25.1. The zero-order chi connectivity index (χ0) is 26.8. The third-order valence-electron chi connectivity index (χ3n) is 12.3. The van der Waals surface area contributed by atoms with Gasteiger partial charge in [-0.15, -0.1) is 0 Å². The molecule has 1 fully saturated rings. The summed E-state index contributed by atoms with van der Waals surface area (Å²) in [7, 11) is 0. The number of aromatic nitrogens is 1. The van der Waals surface area contributed by atoms with Crippen LogP contribution in [0.1, 0.15) is 138 Å². The average Bonchev–Trinajstić information content (AvgIpc) is 3.27. The van der Waals surface area contributed by atoms with E-state index < -0.39 is 0 Å². The van der Waals surface area contributed by atoms with Crippen LogP contribution in [0.25, 0.3) is 0 Å². The second-order valence-electron chi connectivity index (χ2n) is 15.4. The third-order valence-corrected chi connectivity index (χ3v) is 12.3. The Morgan fingerprint density at radius 3 is 2.33 bits per heavy atom. The number of fused-ring (bicyclic) bond motifs is 4. The van der Waals surface area contributed by atoms with Crippen LogP contribution in [0.2, 0.25) is 0 Å². The van der Waals surface area contributed by atoms with E-state index in [2.05, 4.69) is 80.5 Å². The number of nitrogens with zero attached hydrogens (tertiary/aromatic N) is 1. The topological polar surface area (TPSA) is 43.1 Å². The maximum absolute atomic E-state index is 13.4. The zero-order valence-electron chi connectivity index (χ0n) is 25.1. The highest BCUT2D eigenvalue weighted by Gasteiger charge is 2.63. The van der Waals surface area contributed by atoms with Crippen LogP contribution in [0.15, 0.2) is 22.4 Å². The van der Waals surface area contributed by atoms with Crippen molar-refractivity contribution in [3.63, 3.8) is 0 Å². The van der Waals surface area contributed by atoms with Gasteiger partial charge >= 0.3 is 0 Å². The van der Waals surface area contributed by atoms with Crippen molar-refractivity contribution in [1.82, 2.24) is 5.16 Å². The maximum Gasteiger partial charge on any atom is 0.156 e. The molecule has 1 aromatic heterocycles. The normalized spacial score (nSPS) is 35.3. The number of allylic oxidation sites excluding steroid dienone is 2. The molecule has 0 aliphatic heterocycles. The summed E-state index contributed by atoms with van der Waals surface area (Å²) in [4.78, 5) is 13.4. The van der Waals surface area contributed by atoms with E-state index in [1.54, 1.807) is 0 Å². The molecule has 0 bridgehead atoms. The SMILES string of the molecule is CCC(C)(C)CC[C@](C)(CC)CC[C@]1(C)CC(=O)C=C2[C@@]3(C)Cc4cnoc4C(C)(C)[C@@H]3CC[C@]21C. The lowest BCUT2D eigenvalue weighted by Gasteiger charge is -2.64. The first-order chi connectivity index (χ1) is 16.6. The van der Waals surface area contributed by atoms with Crippen molar-refractivity contribution in [3.8, 4) is 0 Å². The number of carbonyl (C=O) groups is 1. The molecule has 3 nitrogen and oxygen atoms in total. The highest BCUT2D eigenvalue weighted by Crippen LogP contribution is 2.69. The Kier molecular flexibility index (Phi) is 6.79. The fourth-order valence-electron chi connectivity index (χ4n) is 8.53. The van der Waals surface area contributed by atoms with Gasteiger partial charge in [-0.05, 0) is 84.0 Å².